The topological polar surface area (TPSA) is 18.5 Å². The van der Waals surface area contributed by atoms with Crippen LogP contribution >= 0.6 is 0 Å². The minimum Gasteiger partial charge on any atom is -0.328 e. The number of ether oxygens (including phenoxy) is 1. The number of methoxy groups -OCH3 is 1. The molecule has 0 radical (unpaired) electrons. The van der Waals surface area contributed by atoms with E-state index in [2.05, 4.69) is 20.8 Å². The molecule has 0 spiro atoms. The fourth-order valence-electron chi connectivity index (χ4n) is 3.30. The molecule has 1 fully saturated rings. The highest BCUT2D eigenvalue weighted by Gasteiger charge is 2.54. The van der Waals surface area contributed by atoms with Gasteiger partial charge in [0.25, 0.3) is 0 Å². The molecule has 17 heavy (non-hydrogen) atoms. The molecular weight excluding hydrogens is 214 g/mol. The molecule has 1 rings (SSSR count). The Morgan fingerprint density at radius 1 is 1.18 bits per heavy atom. The molecule has 1 aliphatic heterocycles. The van der Waals surface area contributed by atoms with Crippen molar-refractivity contribution >= 4 is 0 Å². The van der Waals surface area contributed by atoms with Gasteiger partial charge in [0.15, 0.2) is 0 Å². The average Bonchev–Trinajstić information content (AvgIpc) is 2.38. The molecule has 0 N–H and O–H groups in total. The Kier molecular flexibility index (Phi) is 5.90. The zero-order valence-corrected chi connectivity index (χ0v) is 12.1. The molecule has 0 amide bonds. The zero-order valence-electron chi connectivity index (χ0n) is 12.1. The highest BCUT2D eigenvalue weighted by molar-refractivity contribution is 4.74. The first kappa shape index (κ1) is 14.9. The largest absolute Gasteiger partial charge is 0.328 e. The predicted molar refractivity (Wildman–Crippen MR) is 70.4 cm³/mol. The van der Waals surface area contributed by atoms with Gasteiger partial charge >= 0.3 is 0 Å². The quantitative estimate of drug-likeness (QED) is 0.638. The first-order chi connectivity index (χ1) is 8.20. The molecule has 2 unspecified atom stereocenters. The van der Waals surface area contributed by atoms with Crippen LogP contribution in [0.25, 0.3) is 0 Å². The van der Waals surface area contributed by atoms with E-state index in [4.69, 9.17) is 9.57 Å². The van der Waals surface area contributed by atoms with Gasteiger partial charge in [-0.05, 0) is 33.1 Å². The Morgan fingerprint density at radius 2 is 1.94 bits per heavy atom. The summed E-state index contributed by atoms with van der Waals surface area (Å²) in [7, 11) is 1.86. The van der Waals surface area contributed by atoms with Crippen LogP contribution in [-0.2, 0) is 9.57 Å². The average molecular weight is 244 g/mol. The maximum Gasteiger partial charge on any atom is 0.232 e. The summed E-state index contributed by atoms with van der Waals surface area (Å²) < 4.78 is 6.70. The van der Waals surface area contributed by atoms with E-state index in [0.29, 0.717) is 4.65 Å². The number of piperidine rings is 1. The Labute approximate surface area is 107 Å². The van der Waals surface area contributed by atoms with Crippen LogP contribution < -0.4 is 0 Å². The van der Waals surface area contributed by atoms with Gasteiger partial charge in [0.05, 0.1) is 0 Å². The van der Waals surface area contributed by atoms with E-state index in [1.807, 2.05) is 7.11 Å². The lowest BCUT2D eigenvalue weighted by Gasteiger charge is -2.51. The van der Waals surface area contributed by atoms with Crippen LogP contribution in [0, 0.1) is 0 Å². The maximum absolute atomic E-state index is 6.14. The van der Waals surface area contributed by atoms with Gasteiger partial charge in [-0.25, -0.2) is 4.84 Å². The summed E-state index contributed by atoms with van der Waals surface area (Å²) in [6, 6.07) is 0. The van der Waals surface area contributed by atoms with Crippen molar-refractivity contribution in [3.8, 4) is 0 Å². The monoisotopic (exact) mass is 244 g/mol. The van der Waals surface area contributed by atoms with E-state index in [1.54, 1.807) is 0 Å². The van der Waals surface area contributed by atoms with Crippen LogP contribution in [0.15, 0.2) is 0 Å². The predicted octanol–water partition coefficient (Wildman–Crippen LogP) is 3.49. The van der Waals surface area contributed by atoms with Crippen molar-refractivity contribution < 1.29 is 14.2 Å². The second-order valence-electron chi connectivity index (χ2n) is 5.06. The fourth-order valence-corrected chi connectivity index (χ4v) is 3.30. The summed E-state index contributed by atoms with van der Waals surface area (Å²) in [6.45, 7) is 9.43. The number of nitrogens with zero attached hydrogens (tertiary/aromatic N) is 1. The number of hydrogen-bond donors (Lipinski definition) is 0. The second-order valence-corrected chi connectivity index (χ2v) is 5.06. The van der Waals surface area contributed by atoms with E-state index in [0.717, 1.165) is 32.5 Å². The minimum atomic E-state index is -0.0982. The third kappa shape index (κ3) is 2.83. The highest BCUT2D eigenvalue weighted by Crippen LogP contribution is 2.40. The van der Waals surface area contributed by atoms with Gasteiger partial charge in [0, 0.05) is 20.0 Å². The molecule has 1 saturated heterocycles. The molecule has 102 valence electrons. The first-order valence-corrected chi connectivity index (χ1v) is 7.27. The molecular formula is C14H30NO2+. The second kappa shape index (κ2) is 6.72. The van der Waals surface area contributed by atoms with Gasteiger partial charge in [-0.2, -0.15) is 4.65 Å². The van der Waals surface area contributed by atoms with Crippen LogP contribution in [-0.4, -0.2) is 37.2 Å². The molecule has 1 aliphatic rings. The summed E-state index contributed by atoms with van der Waals surface area (Å²) in [4.78, 5) is 6.14. The van der Waals surface area contributed by atoms with Crippen LogP contribution in [0.5, 0.6) is 0 Å². The summed E-state index contributed by atoms with van der Waals surface area (Å²) in [6.07, 6.45) is 7.22. The molecule has 0 aromatic rings. The lowest BCUT2D eigenvalue weighted by Crippen LogP contribution is -2.67. The van der Waals surface area contributed by atoms with Crippen molar-refractivity contribution in [2.75, 3.05) is 26.8 Å². The van der Waals surface area contributed by atoms with Crippen LogP contribution in [0.4, 0.5) is 0 Å². The summed E-state index contributed by atoms with van der Waals surface area (Å²) in [5.74, 6) is 0. The molecule has 0 aromatic carbocycles. The van der Waals surface area contributed by atoms with E-state index in [-0.39, 0.29) is 5.72 Å². The highest BCUT2D eigenvalue weighted by atomic mass is 16.8. The van der Waals surface area contributed by atoms with E-state index in [9.17, 15) is 0 Å². The van der Waals surface area contributed by atoms with Crippen molar-refractivity contribution in [2.45, 2.75) is 65.0 Å². The number of unbranched alkanes of at least 4 members (excludes halogenated alkanes) is 1. The molecule has 3 nitrogen and oxygen atoms in total. The molecule has 3 heteroatoms. The summed E-state index contributed by atoms with van der Waals surface area (Å²) in [5, 5.41) is 0. The van der Waals surface area contributed by atoms with Gasteiger partial charge in [0.1, 0.15) is 19.7 Å². The fraction of sp³-hybridized carbons (Fsp3) is 1.00. The number of quaternary nitrogens is 1. The van der Waals surface area contributed by atoms with Crippen LogP contribution in [0.1, 0.15) is 59.3 Å². The Hall–Kier alpha value is -0.120. The smallest absolute Gasteiger partial charge is 0.232 e. The first-order valence-electron chi connectivity index (χ1n) is 7.27. The number of likely N-dealkylation sites (tertiary alicyclic amines) is 1. The van der Waals surface area contributed by atoms with Crippen LogP contribution in [0.3, 0.4) is 0 Å². The summed E-state index contributed by atoms with van der Waals surface area (Å²) >= 11 is 0. The third-order valence-corrected chi connectivity index (χ3v) is 4.27. The van der Waals surface area contributed by atoms with Gasteiger partial charge in [0.2, 0.25) is 5.72 Å². The molecule has 0 bridgehead atoms. The standard InChI is InChI=1S/C14H30NO2/c1-5-8-11-14(16-4)12-9-10-13-15(14,6-2)17-7-3/h5-13H2,1-4H3/q+1. The van der Waals surface area contributed by atoms with Crippen molar-refractivity contribution in [1.82, 2.24) is 0 Å². The normalized spacial score (nSPS) is 33.9. The van der Waals surface area contributed by atoms with E-state index in [1.165, 1.54) is 25.7 Å². The maximum atomic E-state index is 6.14. The van der Waals surface area contributed by atoms with Crippen molar-refractivity contribution in [2.24, 2.45) is 0 Å². The van der Waals surface area contributed by atoms with Gasteiger partial charge in [-0.3, -0.25) is 0 Å². The lowest BCUT2D eigenvalue weighted by molar-refractivity contribution is -1.16. The van der Waals surface area contributed by atoms with Crippen molar-refractivity contribution in [3.63, 3.8) is 0 Å². The van der Waals surface area contributed by atoms with Gasteiger partial charge < -0.3 is 4.74 Å². The minimum absolute atomic E-state index is 0.0982. The molecule has 0 aliphatic carbocycles. The van der Waals surface area contributed by atoms with Crippen molar-refractivity contribution in [3.05, 3.63) is 0 Å². The Bertz CT molecular complexity index is 218. The number of hydrogen-bond acceptors (Lipinski definition) is 2. The number of hydroxylamine groups is 3. The van der Waals surface area contributed by atoms with E-state index >= 15 is 0 Å². The van der Waals surface area contributed by atoms with Crippen molar-refractivity contribution in [1.29, 1.82) is 0 Å². The molecule has 2 atom stereocenters. The van der Waals surface area contributed by atoms with E-state index < -0.39 is 0 Å². The third-order valence-electron chi connectivity index (χ3n) is 4.27. The van der Waals surface area contributed by atoms with Gasteiger partial charge in [-0.1, -0.05) is 13.3 Å². The SMILES string of the molecule is CCCCC1(OC)CCCC[N+]1(CC)OCC. The lowest BCUT2D eigenvalue weighted by atomic mass is 9.92. The Morgan fingerprint density at radius 3 is 2.47 bits per heavy atom. The van der Waals surface area contributed by atoms with Gasteiger partial charge in [-0.15, -0.1) is 0 Å². The Balaban J connectivity index is 2.92. The number of rotatable bonds is 7. The van der Waals surface area contributed by atoms with Crippen LogP contribution in [0.2, 0.25) is 0 Å². The molecule has 0 saturated carbocycles. The molecule has 0 aromatic heterocycles. The molecule has 1 heterocycles. The summed E-state index contributed by atoms with van der Waals surface area (Å²) in [5.41, 5.74) is -0.0982. The zero-order chi connectivity index (χ0) is 12.8.